The van der Waals surface area contributed by atoms with Gasteiger partial charge >= 0.3 is 6.18 Å². The first kappa shape index (κ1) is 9.97. The van der Waals surface area contributed by atoms with Crippen molar-refractivity contribution >= 4 is 0 Å². The van der Waals surface area contributed by atoms with E-state index < -0.39 is 30.0 Å². The highest BCUT2D eigenvalue weighted by molar-refractivity contribution is 5.20. The van der Waals surface area contributed by atoms with Gasteiger partial charge in [-0.05, 0) is 0 Å². The summed E-state index contributed by atoms with van der Waals surface area (Å²) in [6, 6.07) is 0. The largest absolute Gasteiger partial charge is 0.435 e. The lowest BCUT2D eigenvalue weighted by Crippen LogP contribution is -2.09. The van der Waals surface area contributed by atoms with Crippen molar-refractivity contribution in [1.29, 1.82) is 0 Å². The third kappa shape index (κ3) is 1.64. The van der Waals surface area contributed by atoms with Gasteiger partial charge in [0.15, 0.2) is 5.69 Å². The molecule has 0 unspecified atom stereocenters. The molecular weight excluding hydrogens is 192 g/mol. The summed E-state index contributed by atoms with van der Waals surface area (Å²) in [6.07, 6.45) is -4.74. The van der Waals surface area contributed by atoms with Gasteiger partial charge in [0, 0.05) is 7.05 Å². The normalized spacial score (nSPS) is 12.2. The summed E-state index contributed by atoms with van der Waals surface area (Å²) in [6.45, 7) is -1.02. The standard InChI is InChI=1S/C6H6F4N2O/c1-12-5(7)3(2-13)4(11-12)6(8,9)10/h13H,2H2,1H3. The number of aliphatic hydroxyl groups is 1. The van der Waals surface area contributed by atoms with Gasteiger partial charge in [0.25, 0.3) is 0 Å². The number of hydrogen-bond acceptors (Lipinski definition) is 2. The van der Waals surface area contributed by atoms with Crippen LogP contribution in [0.5, 0.6) is 0 Å². The summed E-state index contributed by atoms with van der Waals surface area (Å²) in [4.78, 5) is 0. The molecule has 3 nitrogen and oxygen atoms in total. The molecule has 1 N–H and O–H groups in total. The molecule has 0 aliphatic rings. The number of aryl methyl sites for hydroxylation is 1. The lowest BCUT2D eigenvalue weighted by atomic mass is 10.2. The second kappa shape index (κ2) is 2.99. The molecule has 0 fully saturated rings. The summed E-state index contributed by atoms with van der Waals surface area (Å²) in [5, 5.41) is 11.4. The predicted octanol–water partition coefficient (Wildman–Crippen LogP) is 1.07. The van der Waals surface area contributed by atoms with E-state index in [2.05, 4.69) is 5.10 Å². The maximum atomic E-state index is 12.8. The highest BCUT2D eigenvalue weighted by atomic mass is 19.4. The molecule has 0 aromatic carbocycles. The molecular formula is C6H6F4N2O. The molecule has 13 heavy (non-hydrogen) atoms. The van der Waals surface area contributed by atoms with Crippen LogP contribution in [0.25, 0.3) is 0 Å². The summed E-state index contributed by atoms with van der Waals surface area (Å²) < 4.78 is 49.5. The number of alkyl halides is 3. The van der Waals surface area contributed by atoms with E-state index in [0.29, 0.717) is 4.68 Å². The Hall–Kier alpha value is -1.11. The molecule has 1 aromatic heterocycles. The zero-order valence-electron chi connectivity index (χ0n) is 6.56. The van der Waals surface area contributed by atoms with E-state index in [1.54, 1.807) is 0 Å². The van der Waals surface area contributed by atoms with E-state index in [1.165, 1.54) is 0 Å². The predicted molar refractivity (Wildman–Crippen MR) is 34.1 cm³/mol. The molecule has 0 bridgehead atoms. The van der Waals surface area contributed by atoms with Crippen molar-refractivity contribution in [2.75, 3.05) is 0 Å². The molecule has 1 aromatic rings. The van der Waals surface area contributed by atoms with Gasteiger partial charge in [-0.3, -0.25) is 0 Å². The fraction of sp³-hybridized carbons (Fsp3) is 0.500. The molecule has 0 amide bonds. The molecule has 0 saturated carbocycles. The SMILES string of the molecule is Cn1nc(C(F)(F)F)c(CO)c1F. The molecule has 0 spiro atoms. The minimum Gasteiger partial charge on any atom is -0.391 e. The number of aromatic nitrogens is 2. The molecule has 0 saturated heterocycles. The average molecular weight is 198 g/mol. The van der Waals surface area contributed by atoms with Gasteiger partial charge in [-0.15, -0.1) is 0 Å². The maximum Gasteiger partial charge on any atom is 0.435 e. The average Bonchev–Trinajstić information content (AvgIpc) is 2.28. The lowest BCUT2D eigenvalue weighted by molar-refractivity contribution is -0.142. The number of aliphatic hydroxyl groups excluding tert-OH is 1. The molecule has 0 aliphatic heterocycles. The van der Waals surface area contributed by atoms with Crippen LogP contribution in [-0.4, -0.2) is 14.9 Å². The fourth-order valence-electron chi connectivity index (χ4n) is 0.915. The third-order valence-electron chi connectivity index (χ3n) is 1.50. The van der Waals surface area contributed by atoms with E-state index in [9.17, 15) is 17.6 Å². The van der Waals surface area contributed by atoms with Crippen LogP contribution in [0.1, 0.15) is 11.3 Å². The van der Waals surface area contributed by atoms with Crippen molar-refractivity contribution in [3.63, 3.8) is 0 Å². The van der Waals surface area contributed by atoms with Crippen molar-refractivity contribution in [3.8, 4) is 0 Å². The van der Waals surface area contributed by atoms with E-state index in [1.807, 2.05) is 0 Å². The molecule has 0 atom stereocenters. The van der Waals surface area contributed by atoms with E-state index in [0.717, 1.165) is 7.05 Å². The van der Waals surface area contributed by atoms with Crippen molar-refractivity contribution in [2.45, 2.75) is 12.8 Å². The Morgan fingerprint density at radius 1 is 1.46 bits per heavy atom. The highest BCUT2D eigenvalue weighted by Gasteiger charge is 2.38. The maximum absolute atomic E-state index is 12.8. The summed E-state index contributed by atoms with van der Waals surface area (Å²) in [7, 11) is 1.03. The van der Waals surface area contributed by atoms with Crippen LogP contribution in [0.4, 0.5) is 17.6 Å². The third-order valence-corrected chi connectivity index (χ3v) is 1.50. The van der Waals surface area contributed by atoms with Gasteiger partial charge in [0.1, 0.15) is 0 Å². The summed E-state index contributed by atoms with van der Waals surface area (Å²) in [5.41, 5.74) is -2.20. The van der Waals surface area contributed by atoms with Crippen LogP contribution in [0.3, 0.4) is 0 Å². The molecule has 1 rings (SSSR count). The van der Waals surface area contributed by atoms with Crippen molar-refractivity contribution in [3.05, 3.63) is 17.2 Å². The van der Waals surface area contributed by atoms with Crippen LogP contribution >= 0.6 is 0 Å². The zero-order chi connectivity index (χ0) is 10.2. The molecule has 74 valence electrons. The van der Waals surface area contributed by atoms with Gasteiger partial charge in [0.05, 0.1) is 12.2 Å². The summed E-state index contributed by atoms with van der Waals surface area (Å²) >= 11 is 0. The molecule has 0 radical (unpaired) electrons. The molecule has 7 heteroatoms. The first-order valence-electron chi connectivity index (χ1n) is 3.27. The number of hydrogen-bond donors (Lipinski definition) is 1. The Morgan fingerprint density at radius 2 is 2.00 bits per heavy atom. The zero-order valence-corrected chi connectivity index (χ0v) is 6.56. The molecule has 1 heterocycles. The number of nitrogens with zero attached hydrogens (tertiary/aromatic N) is 2. The van der Waals surface area contributed by atoms with E-state index >= 15 is 0 Å². The van der Waals surface area contributed by atoms with E-state index in [-0.39, 0.29) is 0 Å². The van der Waals surface area contributed by atoms with Crippen molar-refractivity contribution in [2.24, 2.45) is 7.05 Å². The molecule has 0 aliphatic carbocycles. The van der Waals surface area contributed by atoms with Gasteiger partial charge in [0.2, 0.25) is 5.95 Å². The topological polar surface area (TPSA) is 38.0 Å². The van der Waals surface area contributed by atoms with Gasteiger partial charge in [-0.2, -0.15) is 22.7 Å². The summed E-state index contributed by atoms with van der Waals surface area (Å²) in [5.74, 6) is -1.17. The Morgan fingerprint density at radius 3 is 2.31 bits per heavy atom. The second-order valence-electron chi connectivity index (χ2n) is 2.40. The fourth-order valence-corrected chi connectivity index (χ4v) is 0.915. The first-order chi connectivity index (χ1) is 5.88. The second-order valence-corrected chi connectivity index (χ2v) is 2.40. The Labute approximate surface area is 70.6 Å². The van der Waals surface area contributed by atoms with Crippen LogP contribution in [0.2, 0.25) is 0 Å². The monoisotopic (exact) mass is 198 g/mol. The van der Waals surface area contributed by atoms with Crippen LogP contribution in [0, 0.1) is 5.95 Å². The first-order valence-corrected chi connectivity index (χ1v) is 3.27. The minimum absolute atomic E-state index is 0.439. The van der Waals surface area contributed by atoms with Gasteiger partial charge in [-0.25, -0.2) is 4.68 Å². The van der Waals surface area contributed by atoms with Crippen LogP contribution in [-0.2, 0) is 19.8 Å². The number of halogens is 4. The van der Waals surface area contributed by atoms with Crippen molar-refractivity contribution < 1.29 is 22.7 Å². The quantitative estimate of drug-likeness (QED) is 0.685. The van der Waals surface area contributed by atoms with Crippen molar-refractivity contribution in [1.82, 2.24) is 9.78 Å². The number of rotatable bonds is 1. The Bertz CT molecular complexity index is 317. The Kier molecular flexibility index (Phi) is 2.29. The smallest absolute Gasteiger partial charge is 0.391 e. The minimum atomic E-state index is -4.74. The Balaban J connectivity index is 3.30. The van der Waals surface area contributed by atoms with Gasteiger partial charge < -0.3 is 5.11 Å². The van der Waals surface area contributed by atoms with E-state index in [4.69, 9.17) is 5.11 Å². The lowest BCUT2D eigenvalue weighted by Gasteiger charge is -2.02. The van der Waals surface area contributed by atoms with Gasteiger partial charge in [-0.1, -0.05) is 0 Å². The van der Waals surface area contributed by atoms with Crippen LogP contribution < -0.4 is 0 Å². The van der Waals surface area contributed by atoms with Crippen LogP contribution in [0.15, 0.2) is 0 Å². The highest BCUT2D eigenvalue weighted by Crippen LogP contribution is 2.31.